The molecule has 1 N–H and O–H groups in total. The molecule has 0 saturated heterocycles. The van der Waals surface area contributed by atoms with E-state index in [0.717, 1.165) is 0 Å². The van der Waals surface area contributed by atoms with Gasteiger partial charge in [-0.3, -0.25) is 4.79 Å². The molecule has 0 fully saturated rings. The number of hydrogen-bond acceptors (Lipinski definition) is 5. The van der Waals surface area contributed by atoms with Crippen LogP contribution in [0.1, 0.15) is 6.92 Å². The molecule has 26 heavy (non-hydrogen) atoms. The van der Waals surface area contributed by atoms with Crippen molar-refractivity contribution in [1.29, 1.82) is 0 Å². The van der Waals surface area contributed by atoms with Gasteiger partial charge in [-0.15, -0.1) is 0 Å². The molecule has 0 radical (unpaired) electrons. The van der Waals surface area contributed by atoms with Crippen LogP contribution in [0.25, 0.3) is 0 Å². The van der Waals surface area contributed by atoms with Crippen LogP contribution in [0.15, 0.2) is 42.5 Å². The molecule has 6 nitrogen and oxygen atoms in total. The van der Waals surface area contributed by atoms with Crippen LogP contribution in [0.3, 0.4) is 0 Å². The van der Waals surface area contributed by atoms with Crippen LogP contribution in [-0.4, -0.2) is 31.7 Å². The zero-order chi connectivity index (χ0) is 19.1. The number of hydrogen-bond donors (Lipinski definition) is 1. The Labute approximate surface area is 160 Å². The van der Waals surface area contributed by atoms with E-state index in [1.165, 1.54) is 20.1 Å². The number of halogens is 2. The number of methoxy groups -OCH3 is 1. The molecule has 0 saturated carbocycles. The van der Waals surface area contributed by atoms with E-state index in [0.29, 0.717) is 22.2 Å². The van der Waals surface area contributed by atoms with E-state index in [1.807, 2.05) is 0 Å². The van der Waals surface area contributed by atoms with E-state index in [4.69, 9.17) is 37.4 Å². The maximum Gasteiger partial charge on any atom is 0.344 e. The number of esters is 1. The van der Waals surface area contributed by atoms with Gasteiger partial charge in [0.05, 0.1) is 17.8 Å². The van der Waals surface area contributed by atoms with E-state index in [2.05, 4.69) is 5.32 Å². The van der Waals surface area contributed by atoms with E-state index in [-0.39, 0.29) is 11.6 Å². The molecular formula is C18H17Cl2NO5. The minimum Gasteiger partial charge on any atom is -0.493 e. The third-order valence-electron chi connectivity index (χ3n) is 3.28. The summed E-state index contributed by atoms with van der Waals surface area (Å²) in [5.74, 6) is -0.332. The number of para-hydroxylation sites is 2. The molecular weight excluding hydrogens is 381 g/mol. The van der Waals surface area contributed by atoms with Crippen LogP contribution >= 0.6 is 23.2 Å². The Morgan fingerprint density at radius 1 is 1.12 bits per heavy atom. The quantitative estimate of drug-likeness (QED) is 0.715. The smallest absolute Gasteiger partial charge is 0.344 e. The van der Waals surface area contributed by atoms with Crippen LogP contribution in [0.2, 0.25) is 10.0 Å². The first-order valence-corrected chi connectivity index (χ1v) is 8.37. The lowest BCUT2D eigenvalue weighted by Crippen LogP contribution is -2.31. The van der Waals surface area contributed by atoms with Crippen LogP contribution in [0.4, 0.5) is 5.69 Å². The third-order valence-corrected chi connectivity index (χ3v) is 3.83. The fourth-order valence-corrected chi connectivity index (χ4v) is 2.44. The molecule has 2 aromatic carbocycles. The number of anilines is 1. The first-order chi connectivity index (χ1) is 12.4. The van der Waals surface area contributed by atoms with E-state index in [1.54, 1.807) is 36.4 Å². The van der Waals surface area contributed by atoms with Crippen molar-refractivity contribution in [3.05, 3.63) is 52.5 Å². The van der Waals surface area contributed by atoms with Crippen LogP contribution < -0.4 is 14.8 Å². The van der Waals surface area contributed by atoms with Crippen molar-refractivity contribution in [2.75, 3.05) is 19.0 Å². The summed E-state index contributed by atoms with van der Waals surface area (Å²) in [5.41, 5.74) is 0.370. The van der Waals surface area contributed by atoms with Gasteiger partial charge in [0.15, 0.2) is 24.2 Å². The summed E-state index contributed by atoms with van der Waals surface area (Å²) >= 11 is 11.8. The van der Waals surface area contributed by atoms with Crippen molar-refractivity contribution in [1.82, 2.24) is 0 Å². The van der Waals surface area contributed by atoms with Gasteiger partial charge in [0.1, 0.15) is 0 Å². The predicted octanol–water partition coefficient (Wildman–Crippen LogP) is 3.95. The Kier molecular flexibility index (Phi) is 7.12. The van der Waals surface area contributed by atoms with Gasteiger partial charge in [-0.2, -0.15) is 0 Å². The van der Waals surface area contributed by atoms with E-state index >= 15 is 0 Å². The molecule has 0 heterocycles. The highest BCUT2D eigenvalue weighted by molar-refractivity contribution is 6.36. The lowest BCUT2D eigenvalue weighted by Gasteiger charge is -2.15. The fraction of sp³-hybridized carbons (Fsp3) is 0.222. The Bertz CT molecular complexity index is 797. The lowest BCUT2D eigenvalue weighted by molar-refractivity contribution is -0.155. The lowest BCUT2D eigenvalue weighted by atomic mass is 10.3. The van der Waals surface area contributed by atoms with Crippen molar-refractivity contribution in [2.45, 2.75) is 13.0 Å². The summed E-state index contributed by atoms with van der Waals surface area (Å²) in [7, 11) is 1.49. The molecule has 1 atom stereocenters. The normalized spacial score (nSPS) is 11.4. The molecule has 1 amide bonds. The average Bonchev–Trinajstić information content (AvgIpc) is 2.62. The highest BCUT2D eigenvalue weighted by atomic mass is 35.5. The Hall–Kier alpha value is -2.44. The Balaban J connectivity index is 1.86. The van der Waals surface area contributed by atoms with Crippen LogP contribution in [0.5, 0.6) is 11.5 Å². The standard InChI is InChI=1S/C18H17Cl2NO5/c1-11(18(23)21-14-8-7-12(19)9-13(14)20)26-17(22)10-25-16-6-4-3-5-15(16)24-2/h3-9,11H,10H2,1-2H3,(H,21,23). The Morgan fingerprint density at radius 3 is 2.46 bits per heavy atom. The number of rotatable bonds is 7. The molecule has 0 spiro atoms. The van der Waals surface area contributed by atoms with Crippen molar-refractivity contribution in [2.24, 2.45) is 0 Å². The second-order valence-electron chi connectivity index (χ2n) is 5.19. The fourth-order valence-electron chi connectivity index (χ4n) is 1.98. The molecule has 8 heteroatoms. The third kappa shape index (κ3) is 5.54. The molecule has 2 aromatic rings. The predicted molar refractivity (Wildman–Crippen MR) is 99.1 cm³/mol. The average molecular weight is 398 g/mol. The SMILES string of the molecule is COc1ccccc1OCC(=O)OC(C)C(=O)Nc1ccc(Cl)cc1Cl. The molecule has 0 aliphatic rings. The van der Waals surface area contributed by atoms with Gasteiger partial charge in [-0.25, -0.2) is 4.79 Å². The van der Waals surface area contributed by atoms with Crippen molar-refractivity contribution < 1.29 is 23.8 Å². The largest absolute Gasteiger partial charge is 0.493 e. The monoisotopic (exact) mass is 397 g/mol. The van der Waals surface area contributed by atoms with Crippen molar-refractivity contribution in [3.8, 4) is 11.5 Å². The second kappa shape index (κ2) is 9.31. The van der Waals surface area contributed by atoms with Gasteiger partial charge in [0.25, 0.3) is 5.91 Å². The molecule has 2 rings (SSSR count). The minimum absolute atomic E-state index is 0.281. The van der Waals surface area contributed by atoms with E-state index < -0.39 is 18.0 Å². The van der Waals surface area contributed by atoms with Gasteiger partial charge in [0, 0.05) is 5.02 Å². The van der Waals surface area contributed by atoms with Crippen LogP contribution in [0, 0.1) is 0 Å². The number of nitrogens with one attached hydrogen (secondary N) is 1. The summed E-state index contributed by atoms with van der Waals surface area (Å²) in [4.78, 5) is 24.0. The molecule has 0 aliphatic carbocycles. The first-order valence-electron chi connectivity index (χ1n) is 7.62. The second-order valence-corrected chi connectivity index (χ2v) is 6.03. The van der Waals surface area contributed by atoms with Crippen molar-refractivity contribution >= 4 is 40.8 Å². The van der Waals surface area contributed by atoms with Gasteiger partial charge >= 0.3 is 5.97 Å². The van der Waals surface area contributed by atoms with E-state index in [9.17, 15) is 9.59 Å². The van der Waals surface area contributed by atoms with Crippen LogP contribution in [-0.2, 0) is 14.3 Å². The number of carbonyl (C=O) groups excluding carboxylic acids is 2. The van der Waals surface area contributed by atoms with Crippen molar-refractivity contribution in [3.63, 3.8) is 0 Å². The topological polar surface area (TPSA) is 73.9 Å². The number of ether oxygens (including phenoxy) is 3. The maximum atomic E-state index is 12.1. The summed E-state index contributed by atoms with van der Waals surface area (Å²) in [6.45, 7) is 1.08. The van der Waals surface area contributed by atoms with Gasteiger partial charge in [0.2, 0.25) is 0 Å². The maximum absolute atomic E-state index is 12.1. The summed E-state index contributed by atoms with van der Waals surface area (Å²) in [6, 6.07) is 11.5. The molecule has 1 unspecified atom stereocenters. The number of carbonyl (C=O) groups is 2. The van der Waals surface area contributed by atoms with Gasteiger partial charge < -0.3 is 19.5 Å². The highest BCUT2D eigenvalue weighted by Crippen LogP contribution is 2.26. The van der Waals surface area contributed by atoms with Gasteiger partial charge in [-0.05, 0) is 37.3 Å². The van der Waals surface area contributed by atoms with Gasteiger partial charge in [-0.1, -0.05) is 35.3 Å². The molecule has 138 valence electrons. The summed E-state index contributed by atoms with van der Waals surface area (Å²) in [5, 5.41) is 3.29. The zero-order valence-electron chi connectivity index (χ0n) is 14.1. The molecule has 0 aliphatic heterocycles. The highest BCUT2D eigenvalue weighted by Gasteiger charge is 2.19. The minimum atomic E-state index is -1.03. The summed E-state index contributed by atoms with van der Waals surface area (Å²) < 4.78 is 15.5. The number of benzene rings is 2. The summed E-state index contributed by atoms with van der Waals surface area (Å²) in [6.07, 6.45) is -1.03. The number of amides is 1. The molecule has 0 bridgehead atoms. The Morgan fingerprint density at radius 2 is 1.81 bits per heavy atom. The first kappa shape index (κ1) is 19.9. The zero-order valence-corrected chi connectivity index (χ0v) is 15.6. The molecule has 0 aromatic heterocycles.